The number of carbonyl (C=O) groups excluding carboxylic acids is 8. The Morgan fingerprint density at radius 3 is 2.23 bits per heavy atom. The van der Waals surface area contributed by atoms with Crippen LogP contribution >= 0.6 is 0 Å². The normalized spacial score (nSPS) is 20.8. The summed E-state index contributed by atoms with van der Waals surface area (Å²) in [4.78, 5) is 114. The number of rotatable bonds is 14. The Bertz CT molecular complexity index is 3520. The van der Waals surface area contributed by atoms with Crippen LogP contribution in [0.3, 0.4) is 0 Å². The topological polar surface area (TPSA) is 259 Å². The fourth-order valence-electron chi connectivity index (χ4n) is 10.3. The van der Waals surface area contributed by atoms with E-state index in [4.69, 9.17) is 9.47 Å². The molecule has 20 heteroatoms. The fourth-order valence-corrected chi connectivity index (χ4v) is 10.3. The maximum absolute atomic E-state index is 13.4. The summed E-state index contributed by atoms with van der Waals surface area (Å²) < 4.78 is 11.6. The lowest BCUT2D eigenvalue weighted by molar-refractivity contribution is -0.158. The number of amides is 6. The largest absolute Gasteiger partial charge is 0.457 e. The van der Waals surface area contributed by atoms with Crippen LogP contribution in [-0.4, -0.2) is 117 Å². The van der Waals surface area contributed by atoms with Crippen LogP contribution < -0.4 is 32.1 Å². The van der Waals surface area contributed by atoms with Gasteiger partial charge in [0.25, 0.3) is 11.8 Å². The van der Waals surface area contributed by atoms with Gasteiger partial charge >= 0.3 is 11.9 Å². The van der Waals surface area contributed by atoms with Gasteiger partial charge in [-0.3, -0.25) is 58.3 Å². The summed E-state index contributed by atoms with van der Waals surface area (Å²) in [5.41, 5.74) is 10.8. The van der Waals surface area contributed by atoms with Crippen LogP contribution in [0.25, 0.3) is 33.7 Å². The van der Waals surface area contributed by atoms with Gasteiger partial charge in [0, 0.05) is 61.9 Å². The molecule has 0 aliphatic carbocycles. The molecule has 6 N–H and O–H groups in total. The van der Waals surface area contributed by atoms with E-state index in [1.54, 1.807) is 63.5 Å². The third-order valence-corrected chi connectivity index (χ3v) is 15.2. The molecule has 5 heterocycles. The van der Waals surface area contributed by atoms with Crippen molar-refractivity contribution in [3.05, 3.63) is 180 Å². The van der Waals surface area contributed by atoms with Gasteiger partial charge < -0.3 is 30.7 Å². The zero-order valence-corrected chi connectivity index (χ0v) is 49.7. The number of pyridine rings is 2. The Hall–Kier alpha value is -9.40. The predicted molar refractivity (Wildman–Crippen MR) is 331 cm³/mol. The lowest BCUT2D eigenvalue weighted by Crippen LogP contribution is -2.60. The van der Waals surface area contributed by atoms with Gasteiger partial charge in [-0.1, -0.05) is 110 Å². The van der Waals surface area contributed by atoms with E-state index in [1.165, 1.54) is 10.0 Å². The van der Waals surface area contributed by atoms with Crippen LogP contribution in [-0.2, 0) is 60.7 Å². The van der Waals surface area contributed by atoms with E-state index >= 15 is 0 Å². The molecule has 2 aromatic heterocycles. The van der Waals surface area contributed by atoms with E-state index in [0.29, 0.717) is 44.5 Å². The van der Waals surface area contributed by atoms with Crippen molar-refractivity contribution in [2.45, 2.75) is 134 Å². The standard InChI is InChI=1S/C35H41N5O5.C32H35N5O5/c1-5-7-15-32(41)38-31(19-25-12-9-8-10-13-25)33(42)37-23(3)34(43)40-18-11-14-30(39-40)35(44)45-24(4)26-16-17-27-22-36-29(6-2)21-28(27)20-26;1-20-31(40)37-15-7-11-27(36-37)32(41)42-21(2)23-13-14-24-19-33-26(18-25(24)17-23)10-6-12-29(38)35-28(30(39)34-20)16-22-8-4-3-5-9-22/h5-10,12-13,16-17,20-24,30-31,39H,2,11,14-15,18-19H2,1,3-4H3,(H,37,42)(H,38,41);3-6,8-10,13-14,17-21,27-28,36H,7,11-12,15-16H2,1-2H3,(H,34,39)(H,35,38)/b7-5+;10-6+/t23-,24+,30-,31-;20-,21+,27-,28-/m00/s1. The first-order valence-corrected chi connectivity index (χ1v) is 29.5. The predicted octanol–water partition coefficient (Wildman–Crippen LogP) is 7.16. The van der Waals surface area contributed by atoms with Crippen molar-refractivity contribution in [1.82, 2.24) is 52.1 Å². The summed E-state index contributed by atoms with van der Waals surface area (Å²) >= 11 is 0. The monoisotopic (exact) mass is 1180 g/mol. The van der Waals surface area contributed by atoms with E-state index in [0.717, 1.165) is 49.5 Å². The summed E-state index contributed by atoms with van der Waals surface area (Å²) in [5.74, 6) is -3.27. The smallest absolute Gasteiger partial charge is 0.325 e. The number of aromatic nitrogens is 2. The number of nitrogens with zero attached hydrogens (tertiary/aromatic N) is 4. The highest BCUT2D eigenvalue weighted by Gasteiger charge is 2.35. The molecule has 20 nitrogen and oxygen atoms in total. The molecule has 0 spiro atoms. The van der Waals surface area contributed by atoms with Crippen LogP contribution in [0.2, 0.25) is 0 Å². The number of hydrogen-bond acceptors (Lipinski definition) is 14. The maximum atomic E-state index is 13.4. The highest BCUT2D eigenvalue weighted by Crippen LogP contribution is 2.27. The summed E-state index contributed by atoms with van der Waals surface area (Å²) in [7, 11) is 0. The van der Waals surface area contributed by atoms with Crippen molar-refractivity contribution in [2.75, 3.05) is 13.1 Å². The Morgan fingerprint density at radius 1 is 0.793 bits per heavy atom. The molecule has 9 rings (SSSR count). The molecule has 0 unspecified atom stereocenters. The first kappa shape index (κ1) is 63.6. The summed E-state index contributed by atoms with van der Waals surface area (Å²) in [6.45, 7) is 13.1. The number of allylic oxidation sites excluding steroid dienone is 1. The van der Waals surface area contributed by atoms with Gasteiger partial charge in [0.05, 0.1) is 11.4 Å². The van der Waals surface area contributed by atoms with E-state index in [1.807, 2.05) is 123 Å². The molecule has 0 saturated carbocycles. The van der Waals surface area contributed by atoms with Crippen molar-refractivity contribution < 1.29 is 47.8 Å². The Labute approximate surface area is 506 Å². The Kier molecular flexibility index (Phi) is 22.4. The van der Waals surface area contributed by atoms with Gasteiger partial charge in [0.15, 0.2) is 0 Å². The van der Waals surface area contributed by atoms with Crippen molar-refractivity contribution in [3.63, 3.8) is 0 Å². The van der Waals surface area contributed by atoms with Gasteiger partial charge in [-0.25, -0.2) is 10.9 Å². The SMILES string of the molecule is C=Cc1cc2cc([C@@H](C)OC(=O)[C@@H]3CCCN(C(=O)[C@H](C)NC(=O)[C@H](Cc4ccccc4)NC(=O)C/C=C/C)N3)ccc2cn1.C[C@@H]1NC(=O)[C@H](Cc2ccccc2)NC(=O)C/C=C/c2cc3cc(ccc3cn2)[C@@H](C)OC(=O)[C@@H]2CCCN(N2)C1=O. The molecule has 454 valence electrons. The van der Waals surface area contributed by atoms with Gasteiger partial charge in [0.1, 0.15) is 48.5 Å². The second-order valence-electron chi connectivity index (χ2n) is 21.9. The van der Waals surface area contributed by atoms with Gasteiger partial charge in [-0.2, -0.15) is 0 Å². The van der Waals surface area contributed by atoms with Crippen LogP contribution in [0.15, 0.2) is 146 Å². The molecule has 87 heavy (non-hydrogen) atoms. The molecule has 6 aromatic rings. The van der Waals surface area contributed by atoms with Crippen LogP contribution in [0.5, 0.6) is 0 Å². The zero-order valence-electron chi connectivity index (χ0n) is 49.7. The molecule has 2 fully saturated rings. The number of cyclic esters (lactones) is 1. The highest BCUT2D eigenvalue weighted by atomic mass is 16.5. The molecule has 0 radical (unpaired) electrons. The number of benzene rings is 4. The minimum absolute atomic E-state index is 0.0406. The quantitative estimate of drug-likeness (QED) is 0.0467. The van der Waals surface area contributed by atoms with E-state index in [2.05, 4.69) is 48.7 Å². The van der Waals surface area contributed by atoms with E-state index in [-0.39, 0.29) is 43.4 Å². The molecule has 4 aromatic carbocycles. The Balaban J connectivity index is 0.000000226. The van der Waals surface area contributed by atoms with Crippen molar-refractivity contribution in [1.29, 1.82) is 0 Å². The Morgan fingerprint density at radius 2 is 1.49 bits per heavy atom. The molecule has 3 aliphatic heterocycles. The zero-order chi connectivity index (χ0) is 62.0. The summed E-state index contributed by atoms with van der Waals surface area (Å²) in [6.07, 6.45) is 14.0. The first-order chi connectivity index (χ1) is 41.9. The third-order valence-electron chi connectivity index (χ3n) is 15.2. The number of carbonyl (C=O) groups is 8. The number of hydrazine groups is 2. The van der Waals surface area contributed by atoms with Crippen LogP contribution in [0.4, 0.5) is 0 Å². The van der Waals surface area contributed by atoms with Gasteiger partial charge in [-0.15, -0.1) is 0 Å². The number of fused-ring (bicyclic) bond motifs is 5. The molecule has 5 bridgehead atoms. The number of hydrogen-bond donors (Lipinski definition) is 6. The van der Waals surface area contributed by atoms with Gasteiger partial charge in [0.2, 0.25) is 23.6 Å². The summed E-state index contributed by atoms with van der Waals surface area (Å²) in [5, 5.41) is 17.6. The van der Waals surface area contributed by atoms with E-state index < -0.39 is 78.1 Å². The van der Waals surface area contributed by atoms with Crippen LogP contribution in [0, 0.1) is 0 Å². The average molecular weight is 1180 g/mol. The molecular weight excluding hydrogens is 1100 g/mol. The fraction of sp³-hybridized carbons (Fsp3) is 0.343. The third kappa shape index (κ3) is 17.8. The number of ether oxygens (including phenoxy) is 2. The maximum Gasteiger partial charge on any atom is 0.325 e. The van der Waals surface area contributed by atoms with E-state index in [9.17, 15) is 38.4 Å². The highest BCUT2D eigenvalue weighted by molar-refractivity contribution is 5.94. The number of esters is 2. The molecule has 6 amide bonds. The minimum atomic E-state index is -0.906. The van der Waals surface area contributed by atoms with Crippen LogP contribution in [0.1, 0.15) is 119 Å². The van der Waals surface area contributed by atoms with Crippen molar-refractivity contribution in [2.24, 2.45) is 0 Å². The average Bonchev–Trinajstić information content (AvgIpc) is 2.47. The van der Waals surface area contributed by atoms with Gasteiger partial charge in [-0.05, 0) is 130 Å². The first-order valence-electron chi connectivity index (χ1n) is 29.5. The molecule has 8 atom stereocenters. The summed E-state index contributed by atoms with van der Waals surface area (Å²) in [6, 6.07) is 29.1. The van der Waals surface area contributed by atoms with Crippen molar-refractivity contribution >= 4 is 81.1 Å². The lowest BCUT2D eigenvalue weighted by atomic mass is 10.0. The molecule has 3 aliphatic rings. The lowest BCUT2D eigenvalue weighted by Gasteiger charge is -2.35. The minimum Gasteiger partial charge on any atom is -0.457 e. The molecular formula is C67H76N10O10. The number of nitrogens with one attached hydrogen (secondary N) is 6. The second kappa shape index (κ2) is 30.6. The molecule has 2 saturated heterocycles. The van der Waals surface area contributed by atoms with Crippen molar-refractivity contribution in [3.8, 4) is 0 Å². The second-order valence-corrected chi connectivity index (χ2v) is 21.9.